The van der Waals surface area contributed by atoms with E-state index in [2.05, 4.69) is 29.3 Å². The van der Waals surface area contributed by atoms with E-state index in [-0.39, 0.29) is 12.4 Å². The predicted molar refractivity (Wildman–Crippen MR) is 94.1 cm³/mol. The molecule has 0 amide bonds. The van der Waals surface area contributed by atoms with Crippen molar-refractivity contribution in [2.45, 2.75) is 19.2 Å². The number of rotatable bonds is 9. The molecule has 0 saturated carbocycles. The van der Waals surface area contributed by atoms with E-state index in [0.717, 1.165) is 42.7 Å². The van der Waals surface area contributed by atoms with Crippen LogP contribution in [0.25, 0.3) is 0 Å². The minimum absolute atomic E-state index is 0. The summed E-state index contributed by atoms with van der Waals surface area (Å²) in [6.07, 6.45) is 0. The number of furan rings is 1. The van der Waals surface area contributed by atoms with Gasteiger partial charge in [0.15, 0.2) is 5.03 Å². The van der Waals surface area contributed by atoms with Gasteiger partial charge in [-0.05, 0) is 32.8 Å². The van der Waals surface area contributed by atoms with Gasteiger partial charge in [-0.25, -0.2) is 10.1 Å². The third kappa shape index (κ3) is 14.0. The first-order valence-electron chi connectivity index (χ1n) is 6.82. The number of halogens is 1. The molecule has 0 unspecified atom stereocenters. The summed E-state index contributed by atoms with van der Waals surface area (Å²) >= 11 is 1.91. The summed E-state index contributed by atoms with van der Waals surface area (Å²) in [5, 5.41) is 11.7. The molecule has 22 heavy (non-hydrogen) atoms. The lowest BCUT2D eigenvalue weighted by Crippen LogP contribution is -2.15. The summed E-state index contributed by atoms with van der Waals surface area (Å²) in [5.41, 5.74) is 1.75. The van der Waals surface area contributed by atoms with Crippen molar-refractivity contribution in [1.82, 2.24) is 15.6 Å². The molecule has 0 atom stereocenters. The Labute approximate surface area is 142 Å². The van der Waals surface area contributed by atoms with E-state index in [9.17, 15) is 0 Å². The Morgan fingerprint density at radius 3 is 2.45 bits per heavy atom. The predicted octanol–water partition coefficient (Wildman–Crippen LogP) is 2.00. The summed E-state index contributed by atoms with van der Waals surface area (Å²) in [7, 11) is 5.35. The molecule has 0 aliphatic rings. The molecule has 1 aromatic rings. The molecule has 0 aromatic carbocycles. The first-order chi connectivity index (χ1) is 9.99. The Morgan fingerprint density at radius 2 is 1.95 bits per heavy atom. The van der Waals surface area contributed by atoms with Crippen LogP contribution < -0.4 is 10.7 Å². The molecule has 0 aliphatic heterocycles. The lowest BCUT2D eigenvalue weighted by atomic mass is 10.4. The molecule has 0 aliphatic carbocycles. The molecular formula is C13H27ClN4O3S. The Kier molecular flexibility index (Phi) is 15.8. The number of hydrogen-bond acceptors (Lipinski definition) is 6. The summed E-state index contributed by atoms with van der Waals surface area (Å²) in [4.78, 5) is 11.2. The Morgan fingerprint density at radius 1 is 1.36 bits per heavy atom. The molecule has 1 rings (SSSR count). The maximum absolute atomic E-state index is 9.06. The van der Waals surface area contributed by atoms with Crippen LogP contribution in [0.15, 0.2) is 16.5 Å². The van der Waals surface area contributed by atoms with Crippen molar-refractivity contribution in [2.24, 2.45) is 0 Å². The Bertz CT molecular complexity index is 391. The zero-order valence-electron chi connectivity index (χ0n) is 13.6. The van der Waals surface area contributed by atoms with Gasteiger partial charge in [0, 0.05) is 12.3 Å². The Balaban J connectivity index is 0. The van der Waals surface area contributed by atoms with Crippen LogP contribution in [0.5, 0.6) is 0 Å². The fourth-order valence-electron chi connectivity index (χ4n) is 1.39. The summed E-state index contributed by atoms with van der Waals surface area (Å²) in [6.45, 7) is 5.13. The Hall–Kier alpha value is -0.960. The number of nitrogens with zero attached hydrogens (tertiary/aromatic N) is 2. The molecule has 0 spiro atoms. The van der Waals surface area contributed by atoms with Crippen LogP contribution >= 0.6 is 24.2 Å². The van der Waals surface area contributed by atoms with E-state index in [4.69, 9.17) is 14.5 Å². The number of thioether (sulfide) groups is 1. The lowest BCUT2D eigenvalue weighted by Gasteiger charge is -2.05. The monoisotopic (exact) mass is 354 g/mol. The van der Waals surface area contributed by atoms with Gasteiger partial charge in [-0.1, -0.05) is 6.92 Å². The van der Waals surface area contributed by atoms with Crippen LogP contribution in [0.3, 0.4) is 0 Å². The fraction of sp³-hybridized carbons (Fsp3) is 0.692. The minimum atomic E-state index is -0.625. The highest BCUT2D eigenvalue weighted by Gasteiger charge is 2.02. The molecule has 1 heterocycles. The average Bonchev–Trinajstić information content (AvgIpc) is 2.86. The van der Waals surface area contributed by atoms with Gasteiger partial charge in [-0.3, -0.25) is 0 Å². The van der Waals surface area contributed by atoms with Gasteiger partial charge in [0.05, 0.1) is 19.3 Å². The standard InChI is InChI=1S/C12H22N2OS.CH4N2O2.ClH/c1-4-13-7-8-16-10-12-6-5-11(15-12)9-14(2)3;1-2-3(4)5;/h5-6,13H,4,7-10H2,1-3H3;2H,1H3;1H. The molecule has 0 saturated heterocycles. The van der Waals surface area contributed by atoms with Crippen molar-refractivity contribution in [3.05, 3.63) is 33.8 Å². The SMILES string of the molecule is CCNCCSCc1ccc(CN(C)C)o1.CN[N+](=O)[O-].Cl. The summed E-state index contributed by atoms with van der Waals surface area (Å²) < 4.78 is 5.72. The van der Waals surface area contributed by atoms with Crippen molar-refractivity contribution in [1.29, 1.82) is 0 Å². The van der Waals surface area contributed by atoms with E-state index in [1.165, 1.54) is 7.05 Å². The highest BCUT2D eigenvalue weighted by atomic mass is 35.5. The van der Waals surface area contributed by atoms with Crippen molar-refractivity contribution in [3.63, 3.8) is 0 Å². The van der Waals surface area contributed by atoms with E-state index in [0.29, 0.717) is 0 Å². The van der Waals surface area contributed by atoms with Crippen LogP contribution in [-0.4, -0.2) is 49.9 Å². The second-order valence-corrected chi connectivity index (χ2v) is 5.60. The van der Waals surface area contributed by atoms with E-state index >= 15 is 0 Å². The smallest absolute Gasteiger partial charge is 0.157 e. The molecule has 1 aromatic heterocycles. The van der Waals surface area contributed by atoms with Gasteiger partial charge in [0.2, 0.25) is 0 Å². The van der Waals surface area contributed by atoms with Crippen molar-refractivity contribution < 1.29 is 9.45 Å². The first-order valence-corrected chi connectivity index (χ1v) is 7.97. The number of nitro groups is 1. The zero-order valence-corrected chi connectivity index (χ0v) is 15.3. The molecule has 130 valence electrons. The molecule has 2 N–H and O–H groups in total. The van der Waals surface area contributed by atoms with Crippen LogP contribution in [0.1, 0.15) is 18.4 Å². The first kappa shape index (κ1) is 23.3. The number of hydrogen-bond donors (Lipinski definition) is 2. The highest BCUT2D eigenvalue weighted by molar-refractivity contribution is 7.98. The van der Waals surface area contributed by atoms with Gasteiger partial charge in [0.25, 0.3) is 0 Å². The van der Waals surface area contributed by atoms with E-state index < -0.39 is 5.03 Å². The zero-order chi connectivity index (χ0) is 16.1. The lowest BCUT2D eigenvalue weighted by molar-refractivity contribution is -0.538. The molecule has 7 nitrogen and oxygen atoms in total. The summed E-state index contributed by atoms with van der Waals surface area (Å²) in [6, 6.07) is 4.15. The van der Waals surface area contributed by atoms with Gasteiger partial charge >= 0.3 is 0 Å². The van der Waals surface area contributed by atoms with Crippen LogP contribution in [0.4, 0.5) is 0 Å². The normalized spacial score (nSPS) is 9.68. The van der Waals surface area contributed by atoms with Gasteiger partial charge < -0.3 is 14.6 Å². The molecule has 0 bridgehead atoms. The van der Waals surface area contributed by atoms with Gasteiger partial charge in [-0.2, -0.15) is 11.8 Å². The third-order valence-corrected chi connectivity index (χ3v) is 3.27. The van der Waals surface area contributed by atoms with Crippen LogP contribution in [0, 0.1) is 10.1 Å². The van der Waals surface area contributed by atoms with E-state index in [1.807, 2.05) is 25.9 Å². The second kappa shape index (κ2) is 15.0. The quantitative estimate of drug-likeness (QED) is 0.398. The molecule has 9 heteroatoms. The third-order valence-electron chi connectivity index (χ3n) is 2.29. The second-order valence-electron chi connectivity index (χ2n) is 4.49. The maximum Gasteiger partial charge on any atom is 0.157 e. The summed E-state index contributed by atoms with van der Waals surface area (Å²) in [5.74, 6) is 4.24. The van der Waals surface area contributed by atoms with Gasteiger partial charge in [-0.15, -0.1) is 17.8 Å². The van der Waals surface area contributed by atoms with Crippen LogP contribution in [-0.2, 0) is 12.3 Å². The van der Waals surface area contributed by atoms with Crippen molar-refractivity contribution in [3.8, 4) is 0 Å². The van der Waals surface area contributed by atoms with Crippen LogP contribution in [0.2, 0.25) is 0 Å². The number of nitrogens with one attached hydrogen (secondary N) is 2. The molecule has 0 fully saturated rings. The van der Waals surface area contributed by atoms with E-state index in [1.54, 1.807) is 5.43 Å². The number of hydrazine groups is 1. The largest absolute Gasteiger partial charge is 0.464 e. The maximum atomic E-state index is 9.06. The fourth-order valence-corrected chi connectivity index (χ4v) is 2.18. The highest BCUT2D eigenvalue weighted by Crippen LogP contribution is 2.15. The minimum Gasteiger partial charge on any atom is -0.464 e. The molecule has 0 radical (unpaired) electrons. The molecular weight excluding hydrogens is 328 g/mol. The van der Waals surface area contributed by atoms with Crippen molar-refractivity contribution >= 4 is 24.2 Å². The van der Waals surface area contributed by atoms with Crippen molar-refractivity contribution in [2.75, 3.05) is 40.0 Å². The van der Waals surface area contributed by atoms with Gasteiger partial charge in [0.1, 0.15) is 11.5 Å². The topological polar surface area (TPSA) is 83.6 Å². The average molecular weight is 355 g/mol.